The highest BCUT2D eigenvalue weighted by Gasteiger charge is 2.38. The van der Waals surface area contributed by atoms with Crippen molar-refractivity contribution in [3.63, 3.8) is 0 Å². The van der Waals surface area contributed by atoms with Gasteiger partial charge in [0, 0.05) is 12.6 Å². The lowest BCUT2D eigenvalue weighted by Gasteiger charge is -2.21. The van der Waals surface area contributed by atoms with Gasteiger partial charge in [-0.3, -0.25) is 14.5 Å². The van der Waals surface area contributed by atoms with Crippen molar-refractivity contribution < 1.29 is 19.1 Å². The highest BCUT2D eigenvalue weighted by molar-refractivity contribution is 6.05. The maximum atomic E-state index is 12.6. The topological polar surface area (TPSA) is 87.7 Å². The van der Waals surface area contributed by atoms with Crippen molar-refractivity contribution in [2.75, 3.05) is 13.7 Å². The van der Waals surface area contributed by atoms with Crippen molar-refractivity contribution in [2.45, 2.75) is 69.9 Å². The largest absolute Gasteiger partial charge is 0.497 e. The van der Waals surface area contributed by atoms with Gasteiger partial charge >= 0.3 is 6.03 Å². The molecule has 4 amide bonds. The second-order valence-corrected chi connectivity index (χ2v) is 7.90. The zero-order chi connectivity index (χ0) is 20.6. The minimum Gasteiger partial charge on any atom is -0.497 e. The third-order valence-electron chi connectivity index (χ3n) is 5.75. The molecule has 1 atom stereocenters. The second kappa shape index (κ2) is 10.3. The van der Waals surface area contributed by atoms with E-state index < -0.39 is 12.1 Å². The minimum atomic E-state index is -0.771. The number of imide groups is 1. The van der Waals surface area contributed by atoms with Gasteiger partial charge in [-0.2, -0.15) is 0 Å². The molecule has 1 heterocycles. The first-order chi connectivity index (χ1) is 14.1. The number of hydrogen-bond donors (Lipinski definition) is 2. The maximum Gasteiger partial charge on any atom is 0.324 e. The molecule has 0 bridgehead atoms. The molecular formula is C22H31N3O4. The van der Waals surface area contributed by atoms with Gasteiger partial charge < -0.3 is 15.4 Å². The van der Waals surface area contributed by atoms with E-state index in [4.69, 9.17) is 4.74 Å². The first-order valence-electron chi connectivity index (χ1n) is 10.6. The molecule has 2 N–H and O–H groups in total. The molecule has 0 unspecified atom stereocenters. The summed E-state index contributed by atoms with van der Waals surface area (Å²) in [5.41, 5.74) is 1.01. The third-order valence-corrected chi connectivity index (χ3v) is 5.75. The molecule has 1 saturated carbocycles. The fraction of sp³-hybridized carbons (Fsp3) is 0.591. The van der Waals surface area contributed by atoms with E-state index in [9.17, 15) is 14.4 Å². The van der Waals surface area contributed by atoms with Crippen molar-refractivity contribution in [1.29, 1.82) is 0 Å². The fourth-order valence-corrected chi connectivity index (χ4v) is 4.03. The number of nitrogens with zero attached hydrogens (tertiary/aromatic N) is 1. The van der Waals surface area contributed by atoms with E-state index >= 15 is 0 Å². The Bertz CT molecular complexity index is 711. The Labute approximate surface area is 172 Å². The molecule has 1 aromatic rings. The first kappa shape index (κ1) is 21.1. The third kappa shape index (κ3) is 5.95. The standard InChI is InChI=1S/C22H31N3O4/c1-29-18-11-9-16(10-12-18)13-14-25-21(27)19(24-22(25)28)15-20(26)23-17-7-5-3-2-4-6-8-17/h9-12,17,19H,2-8,13-15H2,1H3,(H,23,26)(H,24,28)/t19-/m0/s1. The quantitative estimate of drug-likeness (QED) is 0.688. The lowest BCUT2D eigenvalue weighted by molar-refractivity contribution is -0.131. The van der Waals surface area contributed by atoms with Crippen LogP contribution in [0.2, 0.25) is 0 Å². The summed E-state index contributed by atoms with van der Waals surface area (Å²) in [6.07, 6.45) is 8.50. The number of methoxy groups -OCH3 is 1. The highest BCUT2D eigenvalue weighted by Crippen LogP contribution is 2.18. The van der Waals surface area contributed by atoms with Gasteiger partial charge in [0.1, 0.15) is 11.8 Å². The lowest BCUT2D eigenvalue weighted by atomic mass is 9.96. The smallest absolute Gasteiger partial charge is 0.324 e. The van der Waals surface area contributed by atoms with E-state index in [2.05, 4.69) is 10.6 Å². The van der Waals surface area contributed by atoms with Crippen LogP contribution in [0.15, 0.2) is 24.3 Å². The van der Waals surface area contributed by atoms with Gasteiger partial charge in [0.25, 0.3) is 5.91 Å². The van der Waals surface area contributed by atoms with Crippen LogP contribution >= 0.6 is 0 Å². The predicted molar refractivity (Wildman–Crippen MR) is 110 cm³/mol. The van der Waals surface area contributed by atoms with Crippen molar-refractivity contribution >= 4 is 17.8 Å². The van der Waals surface area contributed by atoms with Crippen LogP contribution in [0, 0.1) is 0 Å². The first-order valence-corrected chi connectivity index (χ1v) is 10.6. The SMILES string of the molecule is COc1ccc(CCN2C(=O)N[C@@H](CC(=O)NC3CCCCCCC3)C2=O)cc1. The molecule has 2 aliphatic rings. The average Bonchev–Trinajstić information content (AvgIpc) is 2.95. The molecule has 7 nitrogen and oxygen atoms in total. The minimum absolute atomic E-state index is 0.000108. The van der Waals surface area contributed by atoms with E-state index in [0.29, 0.717) is 6.42 Å². The Hall–Kier alpha value is -2.57. The number of ether oxygens (including phenoxy) is 1. The fourth-order valence-electron chi connectivity index (χ4n) is 4.03. The molecule has 3 rings (SSSR count). The van der Waals surface area contributed by atoms with Gasteiger partial charge in [-0.25, -0.2) is 4.79 Å². The molecule has 158 valence electrons. The van der Waals surface area contributed by atoms with E-state index in [1.165, 1.54) is 24.2 Å². The summed E-state index contributed by atoms with van der Waals surface area (Å²) in [4.78, 5) is 38.4. The van der Waals surface area contributed by atoms with Crippen LogP contribution in [0.1, 0.15) is 56.9 Å². The van der Waals surface area contributed by atoms with Gasteiger partial charge in [0.15, 0.2) is 0 Å². The Kier molecular flexibility index (Phi) is 7.49. The summed E-state index contributed by atoms with van der Waals surface area (Å²) >= 11 is 0. The van der Waals surface area contributed by atoms with E-state index in [-0.39, 0.29) is 30.8 Å². The van der Waals surface area contributed by atoms with Gasteiger partial charge in [-0.05, 0) is 37.0 Å². The summed E-state index contributed by atoms with van der Waals surface area (Å²) in [6.45, 7) is 0.289. The van der Waals surface area contributed by atoms with Crippen LogP contribution in [-0.2, 0) is 16.0 Å². The second-order valence-electron chi connectivity index (χ2n) is 7.90. The Balaban J connectivity index is 1.47. The van der Waals surface area contributed by atoms with Crippen LogP contribution in [0.3, 0.4) is 0 Å². The summed E-state index contributed by atoms with van der Waals surface area (Å²) in [7, 11) is 1.61. The van der Waals surface area contributed by atoms with Gasteiger partial charge in [0.2, 0.25) is 5.91 Å². The maximum absolute atomic E-state index is 12.6. The van der Waals surface area contributed by atoms with E-state index in [1.54, 1.807) is 7.11 Å². The summed E-state index contributed by atoms with van der Waals surface area (Å²) in [5.74, 6) is 0.279. The molecule has 2 fully saturated rings. The summed E-state index contributed by atoms with van der Waals surface area (Å²) < 4.78 is 5.13. The van der Waals surface area contributed by atoms with Crippen molar-refractivity contribution in [3.05, 3.63) is 29.8 Å². The number of amides is 4. The normalized spacial score (nSPS) is 20.7. The van der Waals surface area contributed by atoms with Crippen LogP contribution < -0.4 is 15.4 Å². The Morgan fingerprint density at radius 3 is 2.41 bits per heavy atom. The number of carbonyl (C=O) groups excluding carboxylic acids is 3. The van der Waals surface area contributed by atoms with Crippen LogP contribution in [-0.4, -0.2) is 48.5 Å². The molecule has 1 saturated heterocycles. The number of nitrogens with one attached hydrogen (secondary N) is 2. The van der Waals surface area contributed by atoms with Gasteiger partial charge in [-0.1, -0.05) is 44.2 Å². The molecule has 0 spiro atoms. The monoisotopic (exact) mass is 401 g/mol. The zero-order valence-corrected chi connectivity index (χ0v) is 17.1. The lowest BCUT2D eigenvalue weighted by Crippen LogP contribution is -2.41. The van der Waals surface area contributed by atoms with Crippen molar-refractivity contribution in [2.24, 2.45) is 0 Å². The van der Waals surface area contributed by atoms with Crippen LogP contribution in [0.4, 0.5) is 4.79 Å². The summed E-state index contributed by atoms with van der Waals surface area (Å²) in [6, 6.07) is 6.52. The number of hydrogen-bond acceptors (Lipinski definition) is 4. The van der Waals surface area contributed by atoms with Crippen LogP contribution in [0.25, 0.3) is 0 Å². The number of carbonyl (C=O) groups is 3. The van der Waals surface area contributed by atoms with Gasteiger partial charge in [-0.15, -0.1) is 0 Å². The molecule has 0 radical (unpaired) electrons. The van der Waals surface area contributed by atoms with E-state index in [0.717, 1.165) is 37.0 Å². The number of rotatable bonds is 7. The summed E-state index contributed by atoms with van der Waals surface area (Å²) in [5, 5.41) is 5.71. The molecule has 1 aliphatic heterocycles. The molecule has 1 aromatic carbocycles. The van der Waals surface area contributed by atoms with Gasteiger partial charge in [0.05, 0.1) is 13.5 Å². The number of urea groups is 1. The molecule has 1 aliphatic carbocycles. The van der Waals surface area contributed by atoms with Crippen molar-refractivity contribution in [1.82, 2.24) is 15.5 Å². The molecule has 7 heteroatoms. The highest BCUT2D eigenvalue weighted by atomic mass is 16.5. The van der Waals surface area contributed by atoms with E-state index in [1.807, 2.05) is 24.3 Å². The molecular weight excluding hydrogens is 370 g/mol. The molecule has 29 heavy (non-hydrogen) atoms. The average molecular weight is 402 g/mol. The van der Waals surface area contributed by atoms with Crippen LogP contribution in [0.5, 0.6) is 5.75 Å². The Morgan fingerprint density at radius 2 is 1.76 bits per heavy atom. The zero-order valence-electron chi connectivity index (χ0n) is 17.1. The predicted octanol–water partition coefficient (Wildman–Crippen LogP) is 2.78. The number of benzene rings is 1. The Morgan fingerprint density at radius 1 is 1.10 bits per heavy atom. The molecule has 0 aromatic heterocycles. The van der Waals surface area contributed by atoms with Crippen molar-refractivity contribution in [3.8, 4) is 5.75 Å².